The van der Waals surface area contributed by atoms with E-state index in [2.05, 4.69) is 4.72 Å². The Labute approximate surface area is 227 Å². The quantitative estimate of drug-likeness (QED) is 0.157. The van der Waals surface area contributed by atoms with E-state index < -0.39 is 33.3 Å². The number of thiophene rings is 1. The first-order chi connectivity index (χ1) is 18.0. The van der Waals surface area contributed by atoms with E-state index in [0.717, 1.165) is 10.8 Å². The number of ether oxygens (including phenoxy) is 1. The van der Waals surface area contributed by atoms with Crippen LogP contribution in [0, 0.1) is 5.41 Å². The predicted molar refractivity (Wildman–Crippen MR) is 147 cm³/mol. The van der Waals surface area contributed by atoms with Crippen LogP contribution >= 0.6 is 11.3 Å². The van der Waals surface area contributed by atoms with E-state index in [1.54, 1.807) is 23.1 Å². The highest BCUT2D eigenvalue weighted by Gasteiger charge is 2.31. The fourth-order valence-corrected chi connectivity index (χ4v) is 5.86. The Hall–Kier alpha value is -2.92. The minimum atomic E-state index is -3.93. The maximum absolute atomic E-state index is 13.4. The number of carbonyl (C=O) groups is 1. The summed E-state index contributed by atoms with van der Waals surface area (Å²) in [5.74, 6) is -0.436. The number of fused-ring (bicyclic) bond motifs is 1. The monoisotopic (exact) mass is 583 g/mol. The van der Waals surface area contributed by atoms with Gasteiger partial charge in [-0.3, -0.25) is 24.2 Å². The van der Waals surface area contributed by atoms with Crippen molar-refractivity contribution in [2.75, 3.05) is 31.1 Å². The van der Waals surface area contributed by atoms with Gasteiger partial charge in [-0.25, -0.2) is 8.42 Å². The summed E-state index contributed by atoms with van der Waals surface area (Å²) in [6, 6.07) is 15.0. The van der Waals surface area contributed by atoms with E-state index >= 15 is 0 Å². The SMILES string of the molecule is C[C@@H](NS(=O)(=O)c1ccc2ccccc2c1)C(=O)N(CC1CN(C(=N)N)CCO1)c1cccs1.O=S(O)O. The van der Waals surface area contributed by atoms with E-state index in [1.165, 1.54) is 29.2 Å². The van der Waals surface area contributed by atoms with Gasteiger partial charge in [-0.2, -0.15) is 8.93 Å². The summed E-state index contributed by atoms with van der Waals surface area (Å²) in [4.78, 5) is 16.7. The molecule has 1 aliphatic heterocycles. The van der Waals surface area contributed by atoms with E-state index in [1.807, 2.05) is 35.7 Å². The van der Waals surface area contributed by atoms with Gasteiger partial charge in [-0.15, -0.1) is 11.3 Å². The summed E-state index contributed by atoms with van der Waals surface area (Å²) in [7, 11) is -3.93. The topological polar surface area (TPSA) is 186 Å². The molecule has 0 saturated carbocycles. The highest BCUT2D eigenvalue weighted by Crippen LogP contribution is 2.24. The fraction of sp³-hybridized carbons (Fsp3) is 0.304. The van der Waals surface area contributed by atoms with Crippen molar-refractivity contribution < 1.29 is 31.3 Å². The molecule has 1 saturated heterocycles. The summed E-state index contributed by atoms with van der Waals surface area (Å²) in [6.45, 7) is 3.03. The number of hydrogen-bond acceptors (Lipinski definition) is 7. The molecule has 1 fully saturated rings. The average molecular weight is 584 g/mol. The van der Waals surface area contributed by atoms with Crippen LogP contribution in [0.25, 0.3) is 10.8 Å². The maximum atomic E-state index is 13.4. The zero-order valence-electron chi connectivity index (χ0n) is 20.4. The lowest BCUT2D eigenvalue weighted by molar-refractivity contribution is -0.120. The Bertz CT molecular complexity index is 1380. The number of rotatable bonds is 7. The molecular weight excluding hydrogens is 554 g/mol. The molecule has 1 aromatic heterocycles. The minimum absolute atomic E-state index is 0.0428. The molecule has 0 spiro atoms. The van der Waals surface area contributed by atoms with Gasteiger partial charge in [0.15, 0.2) is 5.96 Å². The van der Waals surface area contributed by atoms with E-state index in [4.69, 9.17) is 29.2 Å². The normalized spacial score (nSPS) is 16.5. The van der Waals surface area contributed by atoms with Crippen molar-refractivity contribution in [3.63, 3.8) is 0 Å². The third-order valence-corrected chi connectivity index (χ3v) is 8.07. The predicted octanol–water partition coefficient (Wildman–Crippen LogP) is 1.88. The van der Waals surface area contributed by atoms with Gasteiger partial charge in [0.05, 0.1) is 35.2 Å². The standard InChI is InChI=1S/C23H27N5O4S2.H2O3S/c1-16(26-34(30,31)20-9-8-17-5-2-3-6-18(17)13-20)22(29)28(21-7-4-12-33-21)15-19-14-27(23(24)25)10-11-32-19;1-4(2)3/h2-9,12-13,16,19,26H,10-11,14-15H2,1H3,(H3,24,25);(H2,1,2,3)/t16-,19?;/m1./s1. The van der Waals surface area contributed by atoms with Crippen LogP contribution in [0.1, 0.15) is 6.92 Å². The molecule has 0 radical (unpaired) electrons. The summed E-state index contributed by atoms with van der Waals surface area (Å²) >= 11 is -1.23. The molecule has 15 heteroatoms. The molecular formula is C23H29N5O7S3. The number of carbonyl (C=O) groups excluding carboxylic acids is 1. The van der Waals surface area contributed by atoms with Gasteiger partial charge in [0.1, 0.15) is 0 Å². The van der Waals surface area contributed by atoms with Crippen molar-refractivity contribution in [1.82, 2.24) is 9.62 Å². The summed E-state index contributed by atoms with van der Waals surface area (Å²) < 4.78 is 57.3. The Morgan fingerprint density at radius 1 is 1.26 bits per heavy atom. The van der Waals surface area contributed by atoms with Gasteiger partial charge in [0, 0.05) is 13.1 Å². The van der Waals surface area contributed by atoms with Crippen molar-refractivity contribution in [1.29, 1.82) is 5.41 Å². The van der Waals surface area contributed by atoms with Crippen molar-refractivity contribution in [2.24, 2.45) is 5.73 Å². The Morgan fingerprint density at radius 3 is 2.58 bits per heavy atom. The number of nitrogens with one attached hydrogen (secondary N) is 2. The molecule has 2 heterocycles. The van der Waals surface area contributed by atoms with Gasteiger partial charge >= 0.3 is 0 Å². The number of nitrogens with zero attached hydrogens (tertiary/aromatic N) is 2. The largest absolute Gasteiger partial charge is 0.373 e. The molecule has 4 rings (SSSR count). The lowest BCUT2D eigenvalue weighted by Gasteiger charge is -2.36. The average Bonchev–Trinajstić information content (AvgIpc) is 3.41. The molecule has 2 aromatic carbocycles. The molecule has 0 bridgehead atoms. The first-order valence-electron chi connectivity index (χ1n) is 11.3. The van der Waals surface area contributed by atoms with Crippen LogP contribution in [-0.2, 0) is 30.9 Å². The Kier molecular flexibility index (Phi) is 10.3. The van der Waals surface area contributed by atoms with Gasteiger partial charge in [-0.05, 0) is 47.3 Å². The number of amides is 1. The van der Waals surface area contributed by atoms with Crippen LogP contribution in [-0.4, -0.2) is 76.9 Å². The van der Waals surface area contributed by atoms with Gasteiger partial charge in [-0.1, -0.05) is 30.3 Å². The van der Waals surface area contributed by atoms with Crippen molar-refractivity contribution in [2.45, 2.75) is 24.0 Å². The highest BCUT2D eigenvalue weighted by atomic mass is 32.2. The third-order valence-electron chi connectivity index (χ3n) is 5.64. The molecule has 1 aliphatic rings. The summed E-state index contributed by atoms with van der Waals surface area (Å²) in [5.41, 5.74) is 5.62. The lowest BCUT2D eigenvalue weighted by atomic mass is 10.1. The van der Waals surface area contributed by atoms with Gasteiger partial charge in [0.25, 0.3) is 11.4 Å². The van der Waals surface area contributed by atoms with Crippen LogP contribution in [0.4, 0.5) is 5.00 Å². The Morgan fingerprint density at radius 2 is 1.95 bits per heavy atom. The van der Waals surface area contributed by atoms with E-state index in [0.29, 0.717) is 24.7 Å². The molecule has 3 aromatic rings. The van der Waals surface area contributed by atoms with Crippen LogP contribution in [0.2, 0.25) is 0 Å². The fourth-order valence-electron chi connectivity index (χ4n) is 3.88. The molecule has 12 nitrogen and oxygen atoms in total. The molecule has 0 aliphatic carbocycles. The van der Waals surface area contributed by atoms with Crippen molar-refractivity contribution in [3.8, 4) is 0 Å². The number of anilines is 1. The van der Waals surface area contributed by atoms with Gasteiger partial charge < -0.3 is 15.4 Å². The molecule has 1 amide bonds. The number of hydrogen-bond donors (Lipinski definition) is 5. The molecule has 38 heavy (non-hydrogen) atoms. The van der Waals surface area contributed by atoms with E-state index in [-0.39, 0.29) is 23.5 Å². The maximum Gasteiger partial charge on any atom is 0.299 e. The van der Waals surface area contributed by atoms with Gasteiger partial charge in [0.2, 0.25) is 15.9 Å². The second-order valence-electron chi connectivity index (χ2n) is 8.31. The molecule has 6 N–H and O–H groups in total. The first kappa shape index (κ1) is 29.6. The van der Waals surface area contributed by atoms with Crippen LogP contribution in [0.5, 0.6) is 0 Å². The molecule has 206 valence electrons. The first-order valence-corrected chi connectivity index (χ1v) is 14.8. The smallest absolute Gasteiger partial charge is 0.299 e. The number of nitrogens with two attached hydrogens (primary N) is 1. The number of guanidine groups is 1. The molecule has 2 atom stereocenters. The van der Waals surface area contributed by atoms with E-state index in [9.17, 15) is 13.2 Å². The number of benzene rings is 2. The Balaban J connectivity index is 0.000000934. The lowest BCUT2D eigenvalue weighted by Crippen LogP contribution is -2.54. The van der Waals surface area contributed by atoms with Crippen molar-refractivity contribution >= 4 is 60.4 Å². The number of sulfonamides is 1. The highest BCUT2D eigenvalue weighted by molar-refractivity contribution is 7.89. The van der Waals surface area contributed by atoms with Crippen LogP contribution < -0.4 is 15.4 Å². The summed E-state index contributed by atoms with van der Waals surface area (Å²) in [5, 5.41) is 11.9. The molecule has 1 unspecified atom stereocenters. The van der Waals surface area contributed by atoms with Crippen molar-refractivity contribution in [3.05, 3.63) is 60.0 Å². The van der Waals surface area contributed by atoms with Crippen LogP contribution in [0.3, 0.4) is 0 Å². The minimum Gasteiger partial charge on any atom is -0.373 e. The number of morpholine rings is 1. The zero-order valence-corrected chi connectivity index (χ0v) is 22.8. The second-order valence-corrected chi connectivity index (χ2v) is 11.4. The van der Waals surface area contributed by atoms with Crippen LogP contribution in [0.15, 0.2) is 64.9 Å². The second kappa shape index (κ2) is 13.2. The zero-order chi connectivity index (χ0) is 27.9. The summed E-state index contributed by atoms with van der Waals surface area (Å²) in [6.07, 6.45) is -0.368. The third kappa shape index (κ3) is 8.04.